The van der Waals surface area contributed by atoms with Crippen molar-refractivity contribution in [2.75, 3.05) is 18.9 Å². The summed E-state index contributed by atoms with van der Waals surface area (Å²) in [4.78, 5) is 13.1. The Labute approximate surface area is 209 Å². The molecule has 35 heavy (non-hydrogen) atoms. The maximum absolute atomic E-state index is 13.0. The van der Waals surface area contributed by atoms with E-state index in [1.807, 2.05) is 20.8 Å². The zero-order valence-electron chi connectivity index (χ0n) is 21.1. The Morgan fingerprint density at radius 1 is 1.09 bits per heavy atom. The number of piperidine rings is 1. The number of hydrogen-bond donors (Lipinski definition) is 3. The van der Waals surface area contributed by atoms with E-state index in [0.717, 1.165) is 44.2 Å². The monoisotopic (exact) mass is 502 g/mol. The van der Waals surface area contributed by atoms with Gasteiger partial charge in [-0.3, -0.25) is 4.79 Å². The molecular weight excluding hydrogens is 464 g/mol. The van der Waals surface area contributed by atoms with Gasteiger partial charge in [0.25, 0.3) is 0 Å². The standard InChI is InChI=1S/C25H38N6O3S/c1-25(2,3)30(4)35(33,34)19-12-10-18(11-13-19)28-23-22-21(14-15-27-24(22)32)31(29-23)20-9-7-5-6-8-17(20)16-26/h10-13,17,20-23,28-29H,5-9,14-15H2,1-4H3,(H,27,32)/t17-,20+,21?,22?,23?/m1/s1. The van der Waals surface area contributed by atoms with Crippen LogP contribution in [0.3, 0.4) is 0 Å². The zero-order valence-corrected chi connectivity index (χ0v) is 21.9. The number of benzene rings is 1. The molecule has 0 bridgehead atoms. The van der Waals surface area contributed by atoms with Gasteiger partial charge in [-0.15, -0.1) is 0 Å². The third kappa shape index (κ3) is 5.19. The van der Waals surface area contributed by atoms with Crippen LogP contribution in [0, 0.1) is 23.2 Å². The van der Waals surface area contributed by atoms with E-state index >= 15 is 0 Å². The second kappa shape index (κ2) is 10.1. The van der Waals surface area contributed by atoms with Crippen molar-refractivity contribution in [1.82, 2.24) is 20.1 Å². The van der Waals surface area contributed by atoms with Crippen molar-refractivity contribution in [3.05, 3.63) is 24.3 Å². The molecule has 1 saturated carbocycles. The van der Waals surface area contributed by atoms with Crippen LogP contribution < -0.4 is 16.1 Å². The normalized spacial score (nSPS) is 30.3. The van der Waals surface area contributed by atoms with Gasteiger partial charge < -0.3 is 10.6 Å². The van der Waals surface area contributed by atoms with E-state index in [1.54, 1.807) is 31.3 Å². The van der Waals surface area contributed by atoms with Crippen LogP contribution in [-0.2, 0) is 14.8 Å². The van der Waals surface area contributed by atoms with Gasteiger partial charge in [0.15, 0.2) is 0 Å². The fourth-order valence-corrected chi connectivity index (χ4v) is 7.01. The number of hydrazine groups is 1. The predicted octanol–water partition coefficient (Wildman–Crippen LogP) is 2.64. The molecule has 0 aromatic heterocycles. The zero-order chi connectivity index (χ0) is 25.4. The number of carbonyl (C=O) groups excluding carboxylic acids is 1. The quantitative estimate of drug-likeness (QED) is 0.530. The van der Waals surface area contributed by atoms with Crippen LogP contribution >= 0.6 is 0 Å². The number of anilines is 1. The second-order valence-corrected chi connectivity index (χ2v) is 12.9. The first-order valence-corrected chi connectivity index (χ1v) is 14.1. The minimum atomic E-state index is -3.62. The van der Waals surface area contributed by atoms with E-state index in [9.17, 15) is 18.5 Å². The van der Waals surface area contributed by atoms with Crippen molar-refractivity contribution < 1.29 is 13.2 Å². The fraction of sp³-hybridized carbons (Fsp3) is 0.680. The molecule has 3 aliphatic rings. The topological polar surface area (TPSA) is 118 Å². The molecule has 1 aromatic rings. The highest BCUT2D eigenvalue weighted by molar-refractivity contribution is 7.89. The number of carbonyl (C=O) groups is 1. The van der Waals surface area contributed by atoms with Crippen molar-refractivity contribution in [2.45, 2.75) is 88.0 Å². The van der Waals surface area contributed by atoms with E-state index in [0.29, 0.717) is 6.54 Å². The number of nitrogens with zero attached hydrogens (tertiary/aromatic N) is 3. The molecule has 1 aromatic carbocycles. The summed E-state index contributed by atoms with van der Waals surface area (Å²) in [7, 11) is -2.03. The fourth-order valence-electron chi connectivity index (χ4n) is 5.49. The van der Waals surface area contributed by atoms with Crippen LogP contribution in [0.2, 0.25) is 0 Å². The lowest BCUT2D eigenvalue weighted by Crippen LogP contribution is -2.53. The highest BCUT2D eigenvalue weighted by atomic mass is 32.2. The van der Waals surface area contributed by atoms with Gasteiger partial charge >= 0.3 is 0 Å². The molecule has 1 aliphatic carbocycles. The molecule has 3 unspecified atom stereocenters. The first kappa shape index (κ1) is 25.9. The summed E-state index contributed by atoms with van der Waals surface area (Å²) in [5, 5.41) is 18.4. The van der Waals surface area contributed by atoms with Crippen molar-refractivity contribution in [1.29, 1.82) is 5.26 Å². The van der Waals surface area contributed by atoms with E-state index in [4.69, 9.17) is 0 Å². The highest BCUT2D eigenvalue weighted by Gasteiger charge is 2.50. The molecule has 4 rings (SSSR count). The van der Waals surface area contributed by atoms with Gasteiger partial charge in [0.1, 0.15) is 6.17 Å². The number of fused-ring (bicyclic) bond motifs is 1. The lowest BCUT2D eigenvalue weighted by molar-refractivity contribution is -0.128. The molecule has 0 spiro atoms. The van der Waals surface area contributed by atoms with E-state index < -0.39 is 15.6 Å². The molecule has 192 valence electrons. The average molecular weight is 503 g/mol. The number of amides is 1. The van der Waals surface area contributed by atoms with Crippen LogP contribution in [0.15, 0.2) is 29.2 Å². The lowest BCUT2D eigenvalue weighted by atomic mass is 9.88. The predicted molar refractivity (Wildman–Crippen MR) is 134 cm³/mol. The Morgan fingerprint density at radius 3 is 2.43 bits per heavy atom. The summed E-state index contributed by atoms with van der Waals surface area (Å²) in [6, 6.07) is 9.29. The number of nitriles is 1. The molecule has 2 heterocycles. The van der Waals surface area contributed by atoms with Crippen LogP contribution in [0.1, 0.15) is 59.3 Å². The van der Waals surface area contributed by atoms with E-state index in [2.05, 4.69) is 27.1 Å². The van der Waals surface area contributed by atoms with Gasteiger partial charge in [0.2, 0.25) is 15.9 Å². The van der Waals surface area contributed by atoms with Crippen molar-refractivity contribution in [3.63, 3.8) is 0 Å². The van der Waals surface area contributed by atoms with Crippen molar-refractivity contribution in [2.24, 2.45) is 11.8 Å². The Kier molecular flexibility index (Phi) is 7.44. The van der Waals surface area contributed by atoms with Gasteiger partial charge in [0, 0.05) is 36.9 Å². The Bertz CT molecular complexity index is 1060. The maximum Gasteiger partial charge on any atom is 0.243 e. The molecule has 5 atom stereocenters. The molecule has 3 fully saturated rings. The smallest absolute Gasteiger partial charge is 0.243 e. The van der Waals surface area contributed by atoms with E-state index in [-0.39, 0.29) is 40.9 Å². The van der Waals surface area contributed by atoms with Gasteiger partial charge in [-0.25, -0.2) is 18.9 Å². The summed E-state index contributed by atoms with van der Waals surface area (Å²) < 4.78 is 27.3. The summed E-state index contributed by atoms with van der Waals surface area (Å²) in [6.45, 7) is 6.20. The van der Waals surface area contributed by atoms with Gasteiger partial charge in [0.05, 0.1) is 22.8 Å². The third-order valence-electron chi connectivity index (χ3n) is 7.74. The summed E-state index contributed by atoms with van der Waals surface area (Å²) in [5.74, 6) is -0.359. The maximum atomic E-state index is 13.0. The largest absolute Gasteiger partial charge is 0.368 e. The Balaban J connectivity index is 1.55. The minimum absolute atomic E-state index is 0.00174. The molecule has 3 N–H and O–H groups in total. The molecule has 2 aliphatic heterocycles. The van der Waals surface area contributed by atoms with Gasteiger partial charge in [-0.1, -0.05) is 19.3 Å². The first-order valence-electron chi connectivity index (χ1n) is 12.6. The number of sulfonamides is 1. The average Bonchev–Trinajstić information content (AvgIpc) is 3.01. The Hall–Kier alpha value is -2.19. The Morgan fingerprint density at radius 2 is 1.77 bits per heavy atom. The first-order chi connectivity index (χ1) is 16.5. The summed E-state index contributed by atoms with van der Waals surface area (Å²) in [6.07, 6.45) is 5.60. The van der Waals surface area contributed by atoms with Crippen molar-refractivity contribution >= 4 is 21.6 Å². The highest BCUT2D eigenvalue weighted by Crippen LogP contribution is 2.36. The molecule has 1 amide bonds. The van der Waals surface area contributed by atoms with Crippen LogP contribution in [0.5, 0.6) is 0 Å². The second-order valence-electron chi connectivity index (χ2n) is 10.9. The molecular formula is C25H38N6O3S. The van der Waals surface area contributed by atoms with Gasteiger partial charge in [-0.2, -0.15) is 9.57 Å². The van der Waals surface area contributed by atoms with Crippen molar-refractivity contribution in [3.8, 4) is 6.07 Å². The minimum Gasteiger partial charge on any atom is -0.368 e. The molecule has 9 nitrogen and oxygen atoms in total. The molecule has 10 heteroatoms. The SMILES string of the molecule is CN(C(C)(C)C)S(=O)(=O)c1ccc(NC2NN([C@H]3CCCCC[C@@H]3C#N)C3CCNC(=O)C23)cc1. The number of rotatable bonds is 5. The lowest BCUT2D eigenvalue weighted by Gasteiger charge is -2.36. The van der Waals surface area contributed by atoms with Crippen LogP contribution in [0.4, 0.5) is 5.69 Å². The third-order valence-corrected chi connectivity index (χ3v) is 9.88. The number of nitrogens with one attached hydrogen (secondary N) is 3. The summed E-state index contributed by atoms with van der Waals surface area (Å²) in [5.41, 5.74) is 3.74. The van der Waals surface area contributed by atoms with Gasteiger partial charge in [-0.05, 0) is 64.3 Å². The van der Waals surface area contributed by atoms with Crippen LogP contribution in [-0.4, -0.2) is 61.0 Å². The summed E-state index contributed by atoms with van der Waals surface area (Å²) >= 11 is 0. The molecule has 2 saturated heterocycles. The van der Waals surface area contributed by atoms with E-state index in [1.165, 1.54) is 4.31 Å². The number of hydrogen-bond acceptors (Lipinski definition) is 7. The molecule has 0 radical (unpaired) electrons. The van der Waals surface area contributed by atoms with Crippen LogP contribution in [0.25, 0.3) is 0 Å².